The maximum atomic E-state index is 12.4. The quantitative estimate of drug-likeness (QED) is 0.693. The molecular formula is C21H25N7O. The van der Waals surface area contributed by atoms with Crippen LogP contribution in [0.1, 0.15) is 49.0 Å². The molecule has 0 spiro atoms. The molecule has 0 saturated carbocycles. The Morgan fingerprint density at radius 1 is 1.14 bits per heavy atom. The normalized spacial score (nSPS) is 16.4. The second kappa shape index (κ2) is 8.38. The molecule has 3 aromatic rings. The van der Waals surface area contributed by atoms with E-state index in [1.54, 1.807) is 12.4 Å². The van der Waals surface area contributed by atoms with E-state index in [1.165, 1.54) is 0 Å². The van der Waals surface area contributed by atoms with Crippen LogP contribution in [0.5, 0.6) is 0 Å². The van der Waals surface area contributed by atoms with Crippen LogP contribution < -0.4 is 10.2 Å². The van der Waals surface area contributed by atoms with Crippen molar-refractivity contribution in [2.45, 2.75) is 39.3 Å². The van der Waals surface area contributed by atoms with E-state index < -0.39 is 0 Å². The summed E-state index contributed by atoms with van der Waals surface area (Å²) in [5.41, 5.74) is 1.02. The summed E-state index contributed by atoms with van der Waals surface area (Å²) >= 11 is 0. The smallest absolute Gasteiger partial charge is 0.276 e. The largest absolute Gasteiger partial charge is 0.345 e. The van der Waals surface area contributed by atoms with E-state index in [1.807, 2.05) is 36.4 Å². The number of aromatic nitrogens is 5. The van der Waals surface area contributed by atoms with Crippen LogP contribution in [0.15, 0.2) is 48.8 Å². The van der Waals surface area contributed by atoms with Crippen molar-refractivity contribution in [3.63, 3.8) is 0 Å². The van der Waals surface area contributed by atoms with Gasteiger partial charge in [-0.25, -0.2) is 0 Å². The van der Waals surface area contributed by atoms with Crippen LogP contribution in [0.2, 0.25) is 0 Å². The van der Waals surface area contributed by atoms with E-state index in [4.69, 9.17) is 0 Å². The molecule has 29 heavy (non-hydrogen) atoms. The molecule has 1 aliphatic heterocycles. The number of carbonyl (C=O) groups is 1. The molecular weight excluding hydrogens is 366 g/mol. The number of nitrogens with one attached hydrogen (secondary N) is 1. The fraction of sp³-hybridized carbons (Fsp3) is 0.381. The van der Waals surface area contributed by atoms with Crippen molar-refractivity contribution in [1.82, 2.24) is 25.0 Å². The van der Waals surface area contributed by atoms with Gasteiger partial charge in [0, 0.05) is 18.8 Å². The number of rotatable bonds is 6. The van der Waals surface area contributed by atoms with Gasteiger partial charge in [0.1, 0.15) is 6.33 Å². The van der Waals surface area contributed by atoms with Crippen molar-refractivity contribution in [2.24, 2.45) is 5.92 Å². The average molecular weight is 391 g/mol. The highest BCUT2D eigenvalue weighted by atomic mass is 16.1. The van der Waals surface area contributed by atoms with Gasteiger partial charge in [0.15, 0.2) is 17.3 Å². The molecule has 2 aromatic heterocycles. The zero-order valence-electron chi connectivity index (χ0n) is 16.7. The Morgan fingerprint density at radius 3 is 2.69 bits per heavy atom. The number of anilines is 2. The van der Waals surface area contributed by atoms with E-state index in [9.17, 15) is 4.79 Å². The first-order valence-corrected chi connectivity index (χ1v) is 9.96. The molecule has 8 nitrogen and oxygen atoms in total. The zero-order chi connectivity index (χ0) is 20.2. The van der Waals surface area contributed by atoms with Crippen LogP contribution in [0.3, 0.4) is 0 Å². The predicted octanol–water partition coefficient (Wildman–Crippen LogP) is 3.32. The Balaban J connectivity index is 1.49. The molecule has 1 amide bonds. The SMILES string of the molecule is CC(C)Cn1cnnc1C1CCCN1c1ccc(C(=O)Nc2ccccc2)nn1. The summed E-state index contributed by atoms with van der Waals surface area (Å²) in [7, 11) is 0. The highest BCUT2D eigenvalue weighted by Gasteiger charge is 2.31. The van der Waals surface area contributed by atoms with E-state index in [2.05, 4.69) is 49.0 Å². The molecule has 1 N–H and O–H groups in total. The minimum Gasteiger partial charge on any atom is -0.345 e. The van der Waals surface area contributed by atoms with Gasteiger partial charge in [0.05, 0.1) is 6.04 Å². The number of carbonyl (C=O) groups excluding carboxylic acids is 1. The highest BCUT2D eigenvalue weighted by molar-refractivity contribution is 6.02. The van der Waals surface area contributed by atoms with Gasteiger partial charge >= 0.3 is 0 Å². The summed E-state index contributed by atoms with van der Waals surface area (Å²) in [6.07, 6.45) is 3.85. The molecule has 1 saturated heterocycles. The molecule has 3 heterocycles. The highest BCUT2D eigenvalue weighted by Crippen LogP contribution is 2.34. The Hall–Kier alpha value is -3.29. The zero-order valence-corrected chi connectivity index (χ0v) is 16.7. The molecule has 1 fully saturated rings. The molecule has 1 atom stereocenters. The number of benzene rings is 1. The second-order valence-electron chi connectivity index (χ2n) is 7.68. The van der Waals surface area contributed by atoms with Gasteiger partial charge < -0.3 is 14.8 Å². The third kappa shape index (κ3) is 4.26. The van der Waals surface area contributed by atoms with Crippen molar-refractivity contribution in [3.8, 4) is 0 Å². The lowest BCUT2D eigenvalue weighted by Crippen LogP contribution is -2.27. The lowest BCUT2D eigenvalue weighted by molar-refractivity contribution is 0.102. The average Bonchev–Trinajstić information content (AvgIpc) is 3.37. The van der Waals surface area contributed by atoms with Crippen LogP contribution in [-0.4, -0.2) is 37.4 Å². The first kappa shape index (κ1) is 19.0. The van der Waals surface area contributed by atoms with Crippen LogP contribution in [0.25, 0.3) is 0 Å². The van der Waals surface area contributed by atoms with Crippen molar-refractivity contribution >= 4 is 17.4 Å². The van der Waals surface area contributed by atoms with Gasteiger partial charge in [-0.1, -0.05) is 32.0 Å². The standard InChI is InChI=1S/C21H25N7O/c1-15(2)13-27-14-22-26-20(27)18-9-6-12-28(18)19-11-10-17(24-25-19)21(29)23-16-7-4-3-5-8-16/h3-5,7-8,10-11,14-15,18H,6,9,12-13H2,1-2H3,(H,23,29). The van der Waals surface area contributed by atoms with Gasteiger partial charge in [-0.15, -0.1) is 20.4 Å². The van der Waals surface area contributed by atoms with Gasteiger partial charge in [-0.2, -0.15) is 0 Å². The summed E-state index contributed by atoms with van der Waals surface area (Å²) in [5, 5.41) is 19.8. The predicted molar refractivity (Wildman–Crippen MR) is 111 cm³/mol. The van der Waals surface area contributed by atoms with Crippen LogP contribution in [0.4, 0.5) is 11.5 Å². The first-order chi connectivity index (χ1) is 14.1. The molecule has 1 aromatic carbocycles. The number of para-hydroxylation sites is 1. The summed E-state index contributed by atoms with van der Waals surface area (Å²) in [5.74, 6) is 1.96. The minimum absolute atomic E-state index is 0.120. The number of nitrogens with zero attached hydrogens (tertiary/aromatic N) is 6. The van der Waals surface area contributed by atoms with Crippen molar-refractivity contribution < 1.29 is 4.79 Å². The summed E-state index contributed by atoms with van der Waals surface area (Å²) < 4.78 is 2.13. The number of hydrogen-bond acceptors (Lipinski definition) is 6. The summed E-state index contributed by atoms with van der Waals surface area (Å²) in [6, 6.07) is 13.0. The fourth-order valence-electron chi connectivity index (χ4n) is 3.68. The molecule has 0 bridgehead atoms. The first-order valence-electron chi connectivity index (χ1n) is 9.96. The van der Waals surface area contributed by atoms with Gasteiger partial charge in [0.2, 0.25) is 0 Å². The van der Waals surface area contributed by atoms with Crippen molar-refractivity contribution in [3.05, 3.63) is 60.3 Å². The van der Waals surface area contributed by atoms with E-state index in [0.29, 0.717) is 5.92 Å². The Morgan fingerprint density at radius 2 is 1.97 bits per heavy atom. The second-order valence-corrected chi connectivity index (χ2v) is 7.68. The van der Waals surface area contributed by atoms with E-state index >= 15 is 0 Å². The van der Waals surface area contributed by atoms with Gasteiger partial charge in [-0.3, -0.25) is 4.79 Å². The third-order valence-electron chi connectivity index (χ3n) is 4.97. The fourth-order valence-corrected chi connectivity index (χ4v) is 3.68. The van der Waals surface area contributed by atoms with E-state index in [-0.39, 0.29) is 17.6 Å². The number of amides is 1. The van der Waals surface area contributed by atoms with Gasteiger partial charge in [0.25, 0.3) is 5.91 Å². The van der Waals surface area contributed by atoms with Crippen LogP contribution in [0, 0.1) is 5.92 Å². The monoisotopic (exact) mass is 391 g/mol. The topological polar surface area (TPSA) is 88.8 Å². The summed E-state index contributed by atoms with van der Waals surface area (Å²) in [4.78, 5) is 14.6. The van der Waals surface area contributed by atoms with Gasteiger partial charge in [-0.05, 0) is 43.0 Å². The number of hydrogen-bond donors (Lipinski definition) is 1. The Kier molecular flexibility index (Phi) is 5.50. The lowest BCUT2D eigenvalue weighted by atomic mass is 10.2. The summed E-state index contributed by atoms with van der Waals surface area (Å²) in [6.45, 7) is 6.13. The Bertz CT molecular complexity index is 953. The van der Waals surface area contributed by atoms with Crippen molar-refractivity contribution in [1.29, 1.82) is 0 Å². The molecule has 0 radical (unpaired) electrons. The van der Waals surface area contributed by atoms with Crippen LogP contribution >= 0.6 is 0 Å². The molecule has 1 unspecified atom stereocenters. The van der Waals surface area contributed by atoms with E-state index in [0.717, 1.165) is 43.3 Å². The molecule has 1 aliphatic rings. The maximum Gasteiger partial charge on any atom is 0.276 e. The molecule has 4 rings (SSSR count). The van der Waals surface area contributed by atoms with Crippen LogP contribution in [-0.2, 0) is 6.54 Å². The Labute approximate surface area is 170 Å². The molecule has 150 valence electrons. The lowest BCUT2D eigenvalue weighted by Gasteiger charge is -2.25. The van der Waals surface area contributed by atoms with Crippen molar-refractivity contribution in [2.75, 3.05) is 16.8 Å². The third-order valence-corrected chi connectivity index (χ3v) is 4.97. The molecule has 8 heteroatoms. The molecule has 0 aliphatic carbocycles. The minimum atomic E-state index is -0.273. The maximum absolute atomic E-state index is 12.4.